The van der Waals surface area contributed by atoms with Gasteiger partial charge in [0.05, 0.1) is 0 Å². The summed E-state index contributed by atoms with van der Waals surface area (Å²) in [4.78, 5) is 7.55. The SMILES string of the molecule is CNC(Cc1ncc[nH]1)C1C2CCCCC21. The molecular formula is C13H21N3. The molecule has 1 heterocycles. The summed E-state index contributed by atoms with van der Waals surface area (Å²) in [7, 11) is 2.10. The van der Waals surface area contributed by atoms with Crippen LogP contribution in [0, 0.1) is 17.8 Å². The molecule has 0 saturated heterocycles. The first-order valence-electron chi connectivity index (χ1n) is 6.55. The Bertz CT molecular complexity index is 321. The van der Waals surface area contributed by atoms with Crippen LogP contribution in [0.3, 0.4) is 0 Å². The van der Waals surface area contributed by atoms with Gasteiger partial charge in [0.25, 0.3) is 0 Å². The second-order valence-corrected chi connectivity index (χ2v) is 5.32. The van der Waals surface area contributed by atoms with Crippen molar-refractivity contribution in [2.75, 3.05) is 7.05 Å². The Morgan fingerprint density at radius 2 is 2.19 bits per heavy atom. The highest BCUT2D eigenvalue weighted by molar-refractivity contribution is 5.07. The van der Waals surface area contributed by atoms with Crippen molar-refractivity contribution in [3.8, 4) is 0 Å². The van der Waals surface area contributed by atoms with E-state index in [0.29, 0.717) is 6.04 Å². The van der Waals surface area contributed by atoms with Gasteiger partial charge in [-0.15, -0.1) is 0 Å². The van der Waals surface area contributed by atoms with Crippen LogP contribution in [0.5, 0.6) is 0 Å². The van der Waals surface area contributed by atoms with E-state index >= 15 is 0 Å². The zero-order valence-electron chi connectivity index (χ0n) is 9.95. The summed E-state index contributed by atoms with van der Waals surface area (Å²) in [6.45, 7) is 0. The molecule has 88 valence electrons. The largest absolute Gasteiger partial charge is 0.349 e. The highest BCUT2D eigenvalue weighted by Gasteiger charge is 2.53. The lowest BCUT2D eigenvalue weighted by atomic mass is 10.0. The first-order chi connectivity index (χ1) is 7.90. The van der Waals surface area contributed by atoms with E-state index in [1.54, 1.807) is 0 Å². The number of nitrogens with zero attached hydrogens (tertiary/aromatic N) is 1. The second-order valence-electron chi connectivity index (χ2n) is 5.32. The maximum absolute atomic E-state index is 4.34. The first kappa shape index (κ1) is 10.3. The van der Waals surface area contributed by atoms with Gasteiger partial charge in [-0.05, 0) is 37.6 Å². The molecule has 3 rings (SSSR count). The maximum Gasteiger partial charge on any atom is 0.107 e. The highest BCUT2D eigenvalue weighted by Crippen LogP contribution is 2.57. The van der Waals surface area contributed by atoms with Crippen LogP contribution in [0.2, 0.25) is 0 Å². The summed E-state index contributed by atoms with van der Waals surface area (Å²) >= 11 is 0. The van der Waals surface area contributed by atoms with E-state index in [2.05, 4.69) is 22.3 Å². The summed E-state index contributed by atoms with van der Waals surface area (Å²) in [5.74, 6) is 4.07. The van der Waals surface area contributed by atoms with Gasteiger partial charge in [0.15, 0.2) is 0 Å². The van der Waals surface area contributed by atoms with E-state index in [1.807, 2.05) is 12.4 Å². The summed E-state index contributed by atoms with van der Waals surface area (Å²) in [5, 5.41) is 3.50. The maximum atomic E-state index is 4.34. The van der Waals surface area contributed by atoms with Crippen molar-refractivity contribution in [2.45, 2.75) is 38.1 Å². The van der Waals surface area contributed by atoms with E-state index in [1.165, 1.54) is 25.7 Å². The fourth-order valence-electron chi connectivity index (χ4n) is 3.69. The number of rotatable bonds is 4. The summed E-state index contributed by atoms with van der Waals surface area (Å²) < 4.78 is 0. The molecular weight excluding hydrogens is 198 g/mol. The van der Waals surface area contributed by atoms with Gasteiger partial charge in [-0.1, -0.05) is 12.8 Å². The second kappa shape index (κ2) is 4.21. The van der Waals surface area contributed by atoms with Gasteiger partial charge in [0.2, 0.25) is 0 Å². The summed E-state index contributed by atoms with van der Waals surface area (Å²) in [6.07, 6.45) is 10.7. The van der Waals surface area contributed by atoms with Crippen LogP contribution in [0.25, 0.3) is 0 Å². The van der Waals surface area contributed by atoms with Crippen LogP contribution < -0.4 is 5.32 Å². The van der Waals surface area contributed by atoms with Crippen LogP contribution in [-0.2, 0) is 6.42 Å². The molecule has 0 aromatic carbocycles. The Hall–Kier alpha value is -0.830. The first-order valence-corrected chi connectivity index (χ1v) is 6.55. The molecule has 3 heteroatoms. The molecule has 1 aromatic rings. The Morgan fingerprint density at radius 1 is 1.44 bits per heavy atom. The molecule has 2 saturated carbocycles. The van der Waals surface area contributed by atoms with Gasteiger partial charge in [0, 0.05) is 24.9 Å². The molecule has 3 nitrogen and oxygen atoms in total. The van der Waals surface area contributed by atoms with Crippen molar-refractivity contribution in [1.82, 2.24) is 15.3 Å². The molecule has 2 aliphatic carbocycles. The van der Waals surface area contributed by atoms with Gasteiger partial charge < -0.3 is 10.3 Å². The van der Waals surface area contributed by atoms with Crippen molar-refractivity contribution in [3.05, 3.63) is 18.2 Å². The summed E-state index contributed by atoms with van der Waals surface area (Å²) in [6, 6.07) is 0.624. The van der Waals surface area contributed by atoms with Crippen LogP contribution in [-0.4, -0.2) is 23.1 Å². The molecule has 1 aromatic heterocycles. The fraction of sp³-hybridized carbons (Fsp3) is 0.769. The standard InChI is InChI=1S/C13H21N3/c1-14-11(8-12-15-6-7-16-12)13-9-4-2-3-5-10(9)13/h6-7,9-11,13-14H,2-5,8H2,1H3,(H,15,16). The molecule has 16 heavy (non-hydrogen) atoms. The Balaban J connectivity index is 1.63. The normalized spacial score (nSPS) is 34.4. The lowest BCUT2D eigenvalue weighted by molar-refractivity contribution is 0.453. The highest BCUT2D eigenvalue weighted by atomic mass is 14.9. The van der Waals surface area contributed by atoms with Crippen molar-refractivity contribution in [1.29, 1.82) is 0 Å². The number of hydrogen-bond acceptors (Lipinski definition) is 2. The predicted octanol–water partition coefficient (Wildman–Crippen LogP) is 1.98. The third-order valence-electron chi connectivity index (χ3n) is 4.53. The van der Waals surface area contributed by atoms with E-state index in [0.717, 1.165) is 30.0 Å². The number of fused-ring (bicyclic) bond motifs is 1. The van der Waals surface area contributed by atoms with Gasteiger partial charge >= 0.3 is 0 Å². The fourth-order valence-corrected chi connectivity index (χ4v) is 3.69. The van der Waals surface area contributed by atoms with Crippen molar-refractivity contribution in [2.24, 2.45) is 17.8 Å². The molecule has 3 unspecified atom stereocenters. The molecule has 0 aliphatic heterocycles. The molecule has 3 atom stereocenters. The topological polar surface area (TPSA) is 40.7 Å². The number of H-pyrrole nitrogens is 1. The quantitative estimate of drug-likeness (QED) is 0.813. The third-order valence-corrected chi connectivity index (χ3v) is 4.53. The molecule has 0 radical (unpaired) electrons. The zero-order chi connectivity index (χ0) is 11.0. The minimum atomic E-state index is 0.624. The number of likely N-dealkylation sites (N-methyl/N-ethyl adjacent to an activating group) is 1. The Labute approximate surface area is 97.0 Å². The summed E-state index contributed by atoms with van der Waals surface area (Å²) in [5.41, 5.74) is 0. The van der Waals surface area contributed by atoms with Gasteiger partial charge in [0.1, 0.15) is 5.82 Å². The minimum Gasteiger partial charge on any atom is -0.349 e. The van der Waals surface area contributed by atoms with E-state index < -0.39 is 0 Å². The monoisotopic (exact) mass is 219 g/mol. The molecule has 0 amide bonds. The van der Waals surface area contributed by atoms with Gasteiger partial charge in [-0.3, -0.25) is 0 Å². The smallest absolute Gasteiger partial charge is 0.107 e. The van der Waals surface area contributed by atoms with Crippen molar-refractivity contribution in [3.63, 3.8) is 0 Å². The van der Waals surface area contributed by atoms with E-state index in [9.17, 15) is 0 Å². The number of hydrogen-bond donors (Lipinski definition) is 2. The average Bonchev–Trinajstić information content (AvgIpc) is 2.81. The third kappa shape index (κ3) is 1.77. The lowest BCUT2D eigenvalue weighted by Crippen LogP contribution is -2.31. The van der Waals surface area contributed by atoms with E-state index in [-0.39, 0.29) is 0 Å². The number of nitrogens with one attached hydrogen (secondary N) is 2. The lowest BCUT2D eigenvalue weighted by Gasteiger charge is -2.14. The average molecular weight is 219 g/mol. The van der Waals surface area contributed by atoms with E-state index in [4.69, 9.17) is 0 Å². The molecule has 2 N–H and O–H groups in total. The molecule has 2 fully saturated rings. The number of aromatic amines is 1. The van der Waals surface area contributed by atoms with Gasteiger partial charge in [-0.25, -0.2) is 4.98 Å². The zero-order valence-corrected chi connectivity index (χ0v) is 9.95. The molecule has 0 bridgehead atoms. The van der Waals surface area contributed by atoms with Crippen molar-refractivity contribution < 1.29 is 0 Å². The minimum absolute atomic E-state index is 0.624. The van der Waals surface area contributed by atoms with Crippen LogP contribution in [0.4, 0.5) is 0 Å². The van der Waals surface area contributed by atoms with Crippen LogP contribution in [0.15, 0.2) is 12.4 Å². The van der Waals surface area contributed by atoms with Crippen molar-refractivity contribution >= 4 is 0 Å². The number of aromatic nitrogens is 2. The van der Waals surface area contributed by atoms with Crippen LogP contribution >= 0.6 is 0 Å². The number of imidazole rings is 1. The van der Waals surface area contributed by atoms with Crippen LogP contribution in [0.1, 0.15) is 31.5 Å². The Morgan fingerprint density at radius 3 is 2.75 bits per heavy atom. The Kier molecular flexibility index (Phi) is 2.72. The molecule has 0 spiro atoms. The predicted molar refractivity (Wildman–Crippen MR) is 64.1 cm³/mol. The van der Waals surface area contributed by atoms with Gasteiger partial charge in [-0.2, -0.15) is 0 Å². The molecule has 2 aliphatic rings.